The second kappa shape index (κ2) is 6.47. The number of hydrogen-bond acceptors (Lipinski definition) is 4. The largest absolute Gasteiger partial charge is 0.477 e. The van der Waals surface area contributed by atoms with Gasteiger partial charge >= 0.3 is 0 Å². The van der Waals surface area contributed by atoms with Gasteiger partial charge in [0.05, 0.1) is 0 Å². The van der Waals surface area contributed by atoms with Gasteiger partial charge in [0, 0.05) is 35.3 Å². The van der Waals surface area contributed by atoms with E-state index in [0.717, 1.165) is 50.3 Å². The normalized spacial score (nSPS) is 18.4. The Morgan fingerprint density at radius 3 is 1.55 bits per heavy atom. The maximum Gasteiger partial charge on any atom is 0.142 e. The first kappa shape index (κ1) is 15.6. The van der Waals surface area contributed by atoms with Gasteiger partial charge in [0.15, 0.2) is 0 Å². The molecular weight excluding hydrogens is 276 g/mol. The van der Waals surface area contributed by atoms with Gasteiger partial charge in [-0.05, 0) is 26.9 Å². The molecule has 0 spiro atoms. The maximum absolute atomic E-state index is 6.16. The number of nitrogens with zero attached hydrogens (tertiary/aromatic N) is 2. The summed E-state index contributed by atoms with van der Waals surface area (Å²) in [6.07, 6.45) is 4.40. The minimum atomic E-state index is 0.685. The van der Waals surface area contributed by atoms with Crippen molar-refractivity contribution >= 4 is 0 Å². The van der Waals surface area contributed by atoms with E-state index < -0.39 is 0 Å². The molecule has 3 rings (SSSR count). The molecule has 122 valence electrons. The van der Waals surface area contributed by atoms with Crippen LogP contribution in [0, 0.1) is 0 Å². The maximum atomic E-state index is 6.16. The Kier molecular flexibility index (Phi) is 4.59. The Morgan fingerprint density at radius 1 is 0.773 bits per heavy atom. The highest BCUT2D eigenvalue weighted by molar-refractivity contribution is 5.60. The quantitative estimate of drug-likeness (QED) is 0.853. The average Bonchev–Trinajstić information content (AvgIpc) is 2.50. The fourth-order valence-electron chi connectivity index (χ4n) is 3.60. The van der Waals surface area contributed by atoms with Crippen LogP contribution in [0.15, 0.2) is 0 Å². The van der Waals surface area contributed by atoms with Gasteiger partial charge in [-0.1, -0.05) is 26.7 Å². The monoisotopic (exact) mass is 304 g/mol. The summed E-state index contributed by atoms with van der Waals surface area (Å²) in [6.45, 7) is 7.78. The highest BCUT2D eigenvalue weighted by atomic mass is 16.5. The number of fused-ring (bicyclic) bond motifs is 2. The number of ether oxygens (including phenoxy) is 2. The summed E-state index contributed by atoms with van der Waals surface area (Å²) in [5.74, 6) is 2.31. The standard InChI is InChI=1S/C18H28N2O2/c1-5-7-13-15-9-19(3)12-22-18(15)14(8-6-2)16-10-20(4)11-21-17(13)16/h5-12H2,1-4H3. The lowest BCUT2D eigenvalue weighted by atomic mass is 9.89. The first-order valence-electron chi connectivity index (χ1n) is 8.47. The Balaban J connectivity index is 2.19. The predicted octanol–water partition coefficient (Wildman–Crippen LogP) is 3.16. The minimum absolute atomic E-state index is 0.685. The first-order valence-corrected chi connectivity index (χ1v) is 8.47. The Labute approximate surface area is 134 Å². The van der Waals surface area contributed by atoms with Crippen molar-refractivity contribution in [3.63, 3.8) is 0 Å². The van der Waals surface area contributed by atoms with Gasteiger partial charge in [-0.15, -0.1) is 0 Å². The molecule has 0 radical (unpaired) electrons. The van der Waals surface area contributed by atoms with Crippen LogP contribution < -0.4 is 9.47 Å². The molecule has 0 unspecified atom stereocenters. The van der Waals surface area contributed by atoms with Crippen molar-refractivity contribution in [2.24, 2.45) is 0 Å². The van der Waals surface area contributed by atoms with Crippen LogP contribution >= 0.6 is 0 Å². The third-order valence-corrected chi connectivity index (χ3v) is 4.54. The van der Waals surface area contributed by atoms with Crippen LogP contribution in [-0.4, -0.2) is 37.4 Å². The van der Waals surface area contributed by atoms with Crippen molar-refractivity contribution in [3.8, 4) is 11.5 Å². The van der Waals surface area contributed by atoms with E-state index in [0.29, 0.717) is 13.5 Å². The van der Waals surface area contributed by atoms with Crippen molar-refractivity contribution in [2.45, 2.75) is 52.6 Å². The van der Waals surface area contributed by atoms with Crippen LogP contribution in [0.5, 0.6) is 11.5 Å². The lowest BCUT2D eigenvalue weighted by Gasteiger charge is -2.35. The molecule has 1 aromatic carbocycles. The van der Waals surface area contributed by atoms with Crippen LogP contribution in [0.1, 0.15) is 48.9 Å². The van der Waals surface area contributed by atoms with E-state index in [9.17, 15) is 0 Å². The van der Waals surface area contributed by atoms with E-state index in [1.807, 2.05) is 0 Å². The zero-order valence-corrected chi connectivity index (χ0v) is 14.4. The van der Waals surface area contributed by atoms with E-state index in [-0.39, 0.29) is 0 Å². The van der Waals surface area contributed by atoms with Crippen molar-refractivity contribution in [1.82, 2.24) is 9.80 Å². The van der Waals surface area contributed by atoms with Gasteiger partial charge in [-0.3, -0.25) is 9.80 Å². The molecule has 0 amide bonds. The van der Waals surface area contributed by atoms with Crippen molar-refractivity contribution in [2.75, 3.05) is 27.6 Å². The fourth-order valence-corrected chi connectivity index (χ4v) is 3.60. The van der Waals surface area contributed by atoms with Gasteiger partial charge in [0.25, 0.3) is 0 Å². The lowest BCUT2D eigenvalue weighted by Crippen LogP contribution is -2.34. The highest BCUT2D eigenvalue weighted by Gasteiger charge is 2.30. The SMILES string of the molecule is CCCc1c2c(c(CCC)c3c1OCN(C)C3)OCN(C)C2. The van der Waals surface area contributed by atoms with Crippen molar-refractivity contribution in [1.29, 1.82) is 0 Å². The zero-order chi connectivity index (χ0) is 15.7. The Morgan fingerprint density at radius 2 is 1.18 bits per heavy atom. The number of rotatable bonds is 4. The Bertz CT molecular complexity index is 491. The first-order chi connectivity index (χ1) is 10.7. The van der Waals surface area contributed by atoms with Crippen molar-refractivity contribution in [3.05, 3.63) is 22.3 Å². The van der Waals surface area contributed by atoms with Gasteiger partial charge < -0.3 is 9.47 Å². The van der Waals surface area contributed by atoms with Crippen LogP contribution in [0.4, 0.5) is 0 Å². The molecule has 0 atom stereocenters. The third-order valence-electron chi connectivity index (χ3n) is 4.54. The summed E-state index contributed by atoms with van der Waals surface area (Å²) >= 11 is 0. The van der Waals surface area contributed by atoms with Gasteiger partial charge in [0.2, 0.25) is 0 Å². The van der Waals surface area contributed by atoms with Gasteiger partial charge in [-0.2, -0.15) is 0 Å². The summed E-state index contributed by atoms with van der Waals surface area (Å²) < 4.78 is 12.3. The van der Waals surface area contributed by atoms with E-state index in [2.05, 4.69) is 37.7 Å². The second-order valence-corrected chi connectivity index (χ2v) is 6.65. The molecule has 0 saturated heterocycles. The summed E-state index contributed by atoms with van der Waals surface area (Å²) in [4.78, 5) is 4.47. The molecule has 0 saturated carbocycles. The molecule has 0 aliphatic carbocycles. The minimum Gasteiger partial charge on any atom is -0.477 e. The predicted molar refractivity (Wildman–Crippen MR) is 88.4 cm³/mol. The Hall–Kier alpha value is -1.26. The molecule has 0 aromatic heterocycles. The smallest absolute Gasteiger partial charge is 0.142 e. The number of hydrogen-bond donors (Lipinski definition) is 0. The highest BCUT2D eigenvalue weighted by Crippen LogP contribution is 2.44. The van der Waals surface area contributed by atoms with Gasteiger partial charge in [-0.25, -0.2) is 0 Å². The van der Waals surface area contributed by atoms with Crippen LogP contribution in [0.2, 0.25) is 0 Å². The molecule has 0 fully saturated rings. The molecule has 0 N–H and O–H groups in total. The van der Waals surface area contributed by atoms with E-state index in [1.165, 1.54) is 22.3 Å². The number of benzene rings is 1. The molecule has 22 heavy (non-hydrogen) atoms. The lowest BCUT2D eigenvalue weighted by molar-refractivity contribution is 0.106. The molecule has 4 heteroatoms. The van der Waals surface area contributed by atoms with E-state index in [1.54, 1.807) is 0 Å². The molecule has 2 aliphatic heterocycles. The third kappa shape index (κ3) is 2.70. The molecular formula is C18H28N2O2. The van der Waals surface area contributed by atoms with Gasteiger partial charge in [0.1, 0.15) is 25.0 Å². The van der Waals surface area contributed by atoms with E-state index in [4.69, 9.17) is 9.47 Å². The van der Waals surface area contributed by atoms with Crippen LogP contribution in [-0.2, 0) is 25.9 Å². The second-order valence-electron chi connectivity index (χ2n) is 6.65. The fraction of sp³-hybridized carbons (Fsp3) is 0.667. The van der Waals surface area contributed by atoms with Crippen LogP contribution in [0.3, 0.4) is 0 Å². The zero-order valence-electron chi connectivity index (χ0n) is 14.4. The molecule has 1 aromatic rings. The molecule has 2 aliphatic rings. The summed E-state index contributed by atoms with van der Waals surface area (Å²) in [5.41, 5.74) is 5.49. The molecule has 2 heterocycles. The topological polar surface area (TPSA) is 24.9 Å². The average molecular weight is 304 g/mol. The van der Waals surface area contributed by atoms with Crippen LogP contribution in [0.25, 0.3) is 0 Å². The van der Waals surface area contributed by atoms with Crippen molar-refractivity contribution < 1.29 is 9.47 Å². The molecule has 4 nitrogen and oxygen atoms in total. The summed E-state index contributed by atoms with van der Waals surface area (Å²) in [7, 11) is 4.23. The summed E-state index contributed by atoms with van der Waals surface area (Å²) in [6, 6.07) is 0. The summed E-state index contributed by atoms with van der Waals surface area (Å²) in [5, 5.41) is 0. The van der Waals surface area contributed by atoms with E-state index >= 15 is 0 Å². The molecule has 0 bridgehead atoms.